The molecule has 0 N–H and O–H groups in total. The van der Waals surface area contributed by atoms with Gasteiger partial charge in [-0.05, 0) is 98.8 Å². The molecule has 0 amide bonds. The molecule has 298 valence electrons. The quantitative estimate of drug-likeness (QED) is 0.119. The average Bonchev–Trinajstić information content (AvgIpc) is 3.89. The number of imidazole rings is 1. The minimum Gasteiger partial charge on any atom is -0.458 e. The van der Waals surface area contributed by atoms with Gasteiger partial charge in [-0.1, -0.05) is 157 Å². The van der Waals surface area contributed by atoms with E-state index in [4.69, 9.17) is 23.4 Å². The monoisotopic (exact) mass is 802 g/mol. The zero-order chi connectivity index (χ0) is 50.6. The fourth-order valence-electron chi connectivity index (χ4n) is 7.98. The maximum Gasteiger partial charge on any atom is 0.269 e. The predicted octanol–water partition coefficient (Wildman–Crippen LogP) is 13.9. The number of pyridine rings is 1. The van der Waals surface area contributed by atoms with Gasteiger partial charge in [-0.2, -0.15) is 0 Å². The highest BCUT2D eigenvalue weighted by Crippen LogP contribution is 2.38. The standard InChI is InChI=1S/C56H48N4O/c1-55(2,3)40-27-30-50-52(33-40)59(54-45(38-17-9-7-10-18-38)24-16-25-46(54)39-19-11-8-12-20-39)37-58(50)42-21-15-22-43(35-42)61-44-28-29-48-47-23-13-14-26-49(47)60(51(48)36-44)53-34-41(31-32-57-53)56(4,5)6/h7-36H,1-6H3/i7D,8D,9D,10D,11D,12D,17D,18D,19D,20D. The highest BCUT2D eigenvalue weighted by Gasteiger charge is 2.23. The second-order valence-corrected chi connectivity index (χ2v) is 17.2. The molecule has 0 atom stereocenters. The van der Waals surface area contributed by atoms with Crippen molar-refractivity contribution in [2.75, 3.05) is 0 Å². The highest BCUT2D eigenvalue weighted by atomic mass is 16.5. The van der Waals surface area contributed by atoms with Gasteiger partial charge >= 0.3 is 0 Å². The van der Waals surface area contributed by atoms with E-state index in [0.29, 0.717) is 28.2 Å². The molecule has 0 saturated carbocycles. The number of rotatable bonds is 7. The smallest absolute Gasteiger partial charge is 0.269 e. The first kappa shape index (κ1) is 28.3. The molecule has 0 aliphatic carbocycles. The summed E-state index contributed by atoms with van der Waals surface area (Å²) >= 11 is 0. The van der Waals surface area contributed by atoms with Gasteiger partial charge in [-0.25, -0.2) is 4.98 Å². The van der Waals surface area contributed by atoms with E-state index in [2.05, 4.69) is 76.7 Å². The second kappa shape index (κ2) is 14.8. The van der Waals surface area contributed by atoms with Gasteiger partial charge in [0.25, 0.3) is 6.33 Å². The van der Waals surface area contributed by atoms with Crippen molar-refractivity contribution in [3.63, 3.8) is 0 Å². The normalized spacial score (nSPS) is 14.4. The number of ether oxygens (including phenoxy) is 1. The third-order valence-electron chi connectivity index (χ3n) is 11.1. The lowest BCUT2D eigenvalue weighted by Crippen LogP contribution is -2.31. The molecule has 0 aliphatic rings. The van der Waals surface area contributed by atoms with E-state index in [-0.39, 0.29) is 38.8 Å². The van der Waals surface area contributed by atoms with Gasteiger partial charge in [0.05, 0.1) is 47.1 Å². The van der Waals surface area contributed by atoms with E-state index in [1.54, 1.807) is 22.8 Å². The Hall–Kier alpha value is -7.24. The fraction of sp³-hybridized carbons (Fsp3) is 0.143. The lowest BCUT2D eigenvalue weighted by Gasteiger charge is -2.20. The molecular formula is C56H48N4O. The van der Waals surface area contributed by atoms with Crippen molar-refractivity contribution in [2.24, 2.45) is 0 Å². The molecular weight excluding hydrogens is 745 g/mol. The second-order valence-electron chi connectivity index (χ2n) is 17.2. The Labute approximate surface area is 371 Å². The first-order valence-electron chi connectivity index (χ1n) is 25.2. The van der Waals surface area contributed by atoms with Crippen molar-refractivity contribution in [1.29, 1.82) is 0 Å². The largest absolute Gasteiger partial charge is 0.458 e. The molecule has 3 heterocycles. The van der Waals surface area contributed by atoms with Crippen LogP contribution in [0.4, 0.5) is 0 Å². The van der Waals surface area contributed by atoms with Crippen molar-refractivity contribution >= 4 is 32.8 Å². The number of fused-ring (bicyclic) bond motifs is 4. The molecule has 10 aromatic rings. The fourth-order valence-corrected chi connectivity index (χ4v) is 7.98. The van der Waals surface area contributed by atoms with Gasteiger partial charge in [0.15, 0.2) is 0 Å². The number of benzene rings is 7. The van der Waals surface area contributed by atoms with Crippen LogP contribution in [0, 0.1) is 6.33 Å². The van der Waals surface area contributed by atoms with Gasteiger partial charge in [-0.15, -0.1) is 0 Å². The minimum absolute atomic E-state index is 0.0905. The number of hydrogen-bond donors (Lipinski definition) is 0. The number of hydrogen-bond acceptors (Lipinski definition) is 2. The SMILES string of the molecule is [2H]c1c([2H])c([2H])c(-c2cccc(-c3c([2H])c([2H])c([2H])c([2H])c3[2H])c2-[n+]2[c-]n(-c3cccc(Oc4ccc5c6ccccc6n(-c6cc(C(C)(C)C)ccn6)c5c4)c3)c3ccc(C(C)(C)C)cc32)c([2H])c1[2H]. The third kappa shape index (κ3) is 6.96. The van der Waals surface area contributed by atoms with E-state index in [9.17, 15) is 0 Å². The van der Waals surface area contributed by atoms with Crippen LogP contribution in [0.3, 0.4) is 0 Å². The van der Waals surface area contributed by atoms with Crippen LogP contribution in [0.15, 0.2) is 182 Å². The summed E-state index contributed by atoms with van der Waals surface area (Å²) in [7, 11) is 0. The van der Waals surface area contributed by atoms with Crippen LogP contribution in [0.1, 0.15) is 66.4 Å². The van der Waals surface area contributed by atoms with Gasteiger partial charge in [0.1, 0.15) is 17.3 Å². The minimum atomic E-state index is -0.565. The molecule has 0 saturated heterocycles. The van der Waals surface area contributed by atoms with Crippen molar-refractivity contribution < 1.29 is 23.0 Å². The summed E-state index contributed by atoms with van der Waals surface area (Å²) in [6.07, 6.45) is 5.36. The van der Waals surface area contributed by atoms with Crippen LogP contribution in [-0.4, -0.2) is 14.1 Å². The van der Waals surface area contributed by atoms with Crippen LogP contribution < -0.4 is 9.30 Å². The van der Waals surface area contributed by atoms with Crippen molar-refractivity contribution in [2.45, 2.75) is 52.4 Å². The Kier molecular flexibility index (Phi) is 6.85. The molecule has 7 aromatic carbocycles. The van der Waals surface area contributed by atoms with Crippen molar-refractivity contribution in [1.82, 2.24) is 14.1 Å². The molecule has 0 spiro atoms. The summed E-state index contributed by atoms with van der Waals surface area (Å²) in [5, 5.41) is 2.13. The Morgan fingerprint density at radius 1 is 0.574 bits per heavy atom. The summed E-state index contributed by atoms with van der Waals surface area (Å²) in [5.41, 5.74) is 5.75. The number of para-hydroxylation sites is 2. The topological polar surface area (TPSA) is 35.9 Å². The third-order valence-corrected chi connectivity index (χ3v) is 11.1. The van der Waals surface area contributed by atoms with Crippen LogP contribution >= 0.6 is 0 Å². The number of aromatic nitrogens is 4. The summed E-state index contributed by atoms with van der Waals surface area (Å²) in [4.78, 5) is 4.83. The van der Waals surface area contributed by atoms with Crippen molar-refractivity contribution in [3.05, 3.63) is 199 Å². The van der Waals surface area contributed by atoms with Crippen molar-refractivity contribution in [3.8, 4) is 50.9 Å². The van der Waals surface area contributed by atoms with Crippen LogP contribution in [0.25, 0.3) is 72.3 Å². The first-order valence-corrected chi connectivity index (χ1v) is 20.2. The van der Waals surface area contributed by atoms with Gasteiger partial charge in [0, 0.05) is 23.0 Å². The summed E-state index contributed by atoms with van der Waals surface area (Å²) in [6, 6.07) is 31.6. The highest BCUT2D eigenvalue weighted by molar-refractivity contribution is 6.09. The van der Waals surface area contributed by atoms with Gasteiger partial charge in [-0.3, -0.25) is 13.7 Å². The zero-order valence-corrected chi connectivity index (χ0v) is 34.7. The maximum absolute atomic E-state index is 9.11. The average molecular weight is 803 g/mol. The molecule has 3 aromatic heterocycles. The molecule has 61 heavy (non-hydrogen) atoms. The zero-order valence-electron chi connectivity index (χ0n) is 44.7. The Morgan fingerprint density at radius 3 is 1.92 bits per heavy atom. The van der Waals surface area contributed by atoms with E-state index in [1.807, 2.05) is 83.6 Å². The van der Waals surface area contributed by atoms with E-state index < -0.39 is 60.4 Å². The molecule has 0 bridgehead atoms. The number of nitrogens with zero attached hydrogens (tertiary/aromatic N) is 4. The molecule has 0 aliphatic heterocycles. The molecule has 5 heteroatoms. The molecule has 5 nitrogen and oxygen atoms in total. The van der Waals surface area contributed by atoms with E-state index in [0.717, 1.165) is 38.8 Å². The first-order chi connectivity index (χ1) is 33.6. The van der Waals surface area contributed by atoms with Crippen LogP contribution in [-0.2, 0) is 10.8 Å². The molecule has 0 radical (unpaired) electrons. The molecule has 0 unspecified atom stereocenters. The molecule has 10 rings (SSSR count). The Balaban J connectivity index is 1.19. The summed E-state index contributed by atoms with van der Waals surface area (Å²) in [5.74, 6) is 1.90. The lowest BCUT2D eigenvalue weighted by atomic mass is 9.87. The van der Waals surface area contributed by atoms with E-state index >= 15 is 0 Å². The van der Waals surface area contributed by atoms with E-state index in [1.165, 1.54) is 0 Å². The van der Waals surface area contributed by atoms with Gasteiger partial charge in [0.2, 0.25) is 0 Å². The summed E-state index contributed by atoms with van der Waals surface area (Å²) < 4.78 is 100. The maximum atomic E-state index is 9.11. The Bertz CT molecular complexity index is 3700. The van der Waals surface area contributed by atoms with Gasteiger partial charge < -0.3 is 4.74 Å². The summed E-state index contributed by atoms with van der Waals surface area (Å²) in [6.45, 7) is 12.8. The van der Waals surface area contributed by atoms with Crippen LogP contribution in [0.5, 0.6) is 11.5 Å². The predicted molar refractivity (Wildman–Crippen MR) is 251 cm³/mol. The van der Waals surface area contributed by atoms with Crippen LogP contribution in [0.2, 0.25) is 0 Å². The Morgan fingerprint density at radius 2 is 1.21 bits per heavy atom. The lowest BCUT2D eigenvalue weighted by molar-refractivity contribution is -0.571. The molecule has 0 fully saturated rings.